The predicted octanol–water partition coefficient (Wildman–Crippen LogP) is 1.80. The van der Waals surface area contributed by atoms with Crippen LogP contribution in [0.1, 0.15) is 8.29 Å². The van der Waals surface area contributed by atoms with E-state index in [0.717, 1.165) is 0 Å². The summed E-state index contributed by atoms with van der Waals surface area (Å²) in [6.45, 7) is 7.12. The maximum atomic E-state index is 10.5. The fourth-order valence-electron chi connectivity index (χ4n) is 0.321. The SMILES string of the molecule is [2H]C(C)(C(=O)O)[Si](C)(C)C. The van der Waals surface area contributed by atoms with Crippen LogP contribution in [0.5, 0.6) is 0 Å². The first-order valence-corrected chi connectivity index (χ1v) is 6.43. The Morgan fingerprint density at radius 1 is 1.67 bits per heavy atom. The van der Waals surface area contributed by atoms with Crippen LogP contribution in [0.25, 0.3) is 0 Å². The second-order valence-corrected chi connectivity index (χ2v) is 8.43. The van der Waals surface area contributed by atoms with Gasteiger partial charge in [0.25, 0.3) is 0 Å². The van der Waals surface area contributed by atoms with Crippen molar-refractivity contribution in [3.8, 4) is 0 Å². The molecule has 9 heavy (non-hydrogen) atoms. The molecule has 0 heterocycles. The van der Waals surface area contributed by atoms with E-state index in [-0.39, 0.29) is 0 Å². The molecule has 0 aliphatic carbocycles. The summed E-state index contributed by atoms with van der Waals surface area (Å²) in [6, 6.07) is 0. The number of carbonyl (C=O) groups is 1. The maximum absolute atomic E-state index is 10.5. The second-order valence-electron chi connectivity index (χ2n) is 3.18. The first kappa shape index (κ1) is 6.80. The molecule has 1 unspecified atom stereocenters. The van der Waals surface area contributed by atoms with Crippen molar-refractivity contribution in [1.29, 1.82) is 0 Å². The normalized spacial score (nSPS) is 20.2. The summed E-state index contributed by atoms with van der Waals surface area (Å²) >= 11 is 0. The van der Waals surface area contributed by atoms with Gasteiger partial charge in [0.1, 0.15) is 0 Å². The third kappa shape index (κ3) is 2.65. The molecule has 54 valence electrons. The average Bonchev–Trinajstić information content (AvgIpc) is 1.62. The van der Waals surface area contributed by atoms with Crippen LogP contribution >= 0.6 is 0 Å². The number of hydrogen-bond acceptors (Lipinski definition) is 1. The van der Waals surface area contributed by atoms with Crippen molar-refractivity contribution in [3.63, 3.8) is 0 Å². The summed E-state index contributed by atoms with van der Waals surface area (Å²) in [7, 11) is -1.88. The lowest BCUT2D eigenvalue weighted by molar-refractivity contribution is -0.136. The minimum Gasteiger partial charge on any atom is -0.481 e. The van der Waals surface area contributed by atoms with Crippen LogP contribution in [0.4, 0.5) is 0 Å². The average molecular weight is 147 g/mol. The summed E-state index contributed by atoms with van der Waals surface area (Å²) in [4.78, 5) is 10.5. The Hall–Kier alpha value is -0.313. The van der Waals surface area contributed by atoms with E-state index in [1.54, 1.807) is 0 Å². The number of aliphatic carboxylic acids is 1. The number of rotatable bonds is 2. The van der Waals surface area contributed by atoms with E-state index in [2.05, 4.69) is 0 Å². The van der Waals surface area contributed by atoms with Crippen LogP contribution in [-0.4, -0.2) is 19.1 Å². The van der Waals surface area contributed by atoms with Gasteiger partial charge < -0.3 is 5.11 Å². The van der Waals surface area contributed by atoms with Crippen LogP contribution in [0.3, 0.4) is 0 Å². The highest BCUT2D eigenvalue weighted by Gasteiger charge is 2.27. The van der Waals surface area contributed by atoms with Crippen molar-refractivity contribution in [3.05, 3.63) is 0 Å². The van der Waals surface area contributed by atoms with E-state index < -0.39 is 19.6 Å². The molecule has 0 spiro atoms. The topological polar surface area (TPSA) is 37.3 Å². The molecule has 2 nitrogen and oxygen atoms in total. The fraction of sp³-hybridized carbons (Fsp3) is 0.833. The molecule has 0 aromatic heterocycles. The van der Waals surface area contributed by atoms with Crippen molar-refractivity contribution >= 4 is 14.0 Å². The number of carboxylic acid groups (broad SMARTS) is 1. The molecule has 3 heteroatoms. The monoisotopic (exact) mass is 147 g/mol. The van der Waals surface area contributed by atoms with Gasteiger partial charge in [-0.1, -0.05) is 26.6 Å². The van der Waals surface area contributed by atoms with Gasteiger partial charge in [-0.05, 0) is 0 Å². The Balaban J connectivity index is 4.57. The largest absolute Gasteiger partial charge is 0.481 e. The van der Waals surface area contributed by atoms with Gasteiger partial charge in [0.05, 0.1) is 8.07 Å². The molecule has 0 amide bonds. The number of carboxylic acids is 1. The van der Waals surface area contributed by atoms with Crippen LogP contribution in [-0.2, 0) is 4.79 Å². The molecular weight excluding hydrogens is 132 g/mol. The van der Waals surface area contributed by atoms with Gasteiger partial charge in [-0.15, -0.1) is 0 Å². The minimum atomic E-state index is -1.88. The fourth-order valence-corrected chi connectivity index (χ4v) is 0.962. The molecule has 0 rings (SSSR count). The van der Waals surface area contributed by atoms with E-state index in [9.17, 15) is 4.79 Å². The Morgan fingerprint density at radius 2 is 2.00 bits per heavy atom. The first-order chi connectivity index (χ1) is 4.19. The highest BCUT2D eigenvalue weighted by Crippen LogP contribution is 2.20. The predicted molar refractivity (Wildman–Crippen MR) is 40.4 cm³/mol. The molecule has 0 radical (unpaired) electrons. The third-order valence-corrected chi connectivity index (χ3v) is 3.91. The van der Waals surface area contributed by atoms with Crippen LogP contribution in [0.15, 0.2) is 0 Å². The lowest BCUT2D eigenvalue weighted by Gasteiger charge is -2.20. The standard InChI is InChI=1S/C6H14O2Si/c1-5(6(7)8)9(2,3)4/h5H,1-4H3,(H,7,8)/i5D. The van der Waals surface area contributed by atoms with E-state index in [4.69, 9.17) is 6.48 Å². The minimum absolute atomic E-state index is 1.01. The molecule has 0 saturated heterocycles. The summed E-state index contributed by atoms with van der Waals surface area (Å²) in [5, 5.41) is 8.62. The van der Waals surface area contributed by atoms with Gasteiger partial charge in [-0.25, -0.2) is 0 Å². The van der Waals surface area contributed by atoms with E-state index in [1.165, 1.54) is 6.92 Å². The Labute approximate surface area is 58.3 Å². The van der Waals surface area contributed by atoms with E-state index in [0.29, 0.717) is 0 Å². The third-order valence-electron chi connectivity index (χ3n) is 1.45. The van der Waals surface area contributed by atoms with Crippen LogP contribution < -0.4 is 0 Å². The molecule has 0 fully saturated rings. The van der Waals surface area contributed by atoms with Gasteiger partial charge in [0.2, 0.25) is 0 Å². The molecule has 0 aromatic carbocycles. The molecule has 0 aliphatic heterocycles. The molecule has 0 saturated carbocycles. The van der Waals surface area contributed by atoms with E-state index >= 15 is 0 Å². The summed E-state index contributed by atoms with van der Waals surface area (Å²) < 4.78 is 7.49. The maximum Gasteiger partial charge on any atom is 0.303 e. The van der Waals surface area contributed by atoms with Gasteiger partial charge in [0.15, 0.2) is 0 Å². The lowest BCUT2D eigenvalue weighted by atomic mass is 10.5. The zero-order valence-corrected chi connectivity index (χ0v) is 7.36. The van der Waals surface area contributed by atoms with Crippen LogP contribution in [0, 0.1) is 0 Å². The smallest absolute Gasteiger partial charge is 0.303 e. The van der Waals surface area contributed by atoms with Crippen molar-refractivity contribution in [2.45, 2.75) is 32.1 Å². The molecule has 0 bridgehead atoms. The molecule has 1 N–H and O–H groups in total. The van der Waals surface area contributed by atoms with Crippen molar-refractivity contribution in [2.24, 2.45) is 0 Å². The Morgan fingerprint density at radius 3 is 2.00 bits per heavy atom. The van der Waals surface area contributed by atoms with Crippen molar-refractivity contribution in [2.75, 3.05) is 0 Å². The summed E-state index contributed by atoms with van der Waals surface area (Å²) in [5.74, 6) is -1.01. The van der Waals surface area contributed by atoms with Gasteiger partial charge in [-0.2, -0.15) is 0 Å². The first-order valence-electron chi connectivity index (χ1n) is 3.43. The van der Waals surface area contributed by atoms with Gasteiger partial charge in [0, 0.05) is 6.89 Å². The quantitative estimate of drug-likeness (QED) is 0.605. The summed E-state index contributed by atoms with van der Waals surface area (Å²) in [5.41, 5.74) is -1.26. The zero-order chi connectivity index (χ0) is 8.58. The number of hydrogen-bond donors (Lipinski definition) is 1. The highest BCUT2D eigenvalue weighted by molar-refractivity contribution is 6.80. The van der Waals surface area contributed by atoms with E-state index in [1.807, 2.05) is 19.6 Å². The van der Waals surface area contributed by atoms with Crippen LogP contribution in [0.2, 0.25) is 25.2 Å². The Bertz CT molecular complexity index is 148. The Kier molecular flexibility index (Phi) is 1.90. The van der Waals surface area contributed by atoms with Crippen molar-refractivity contribution < 1.29 is 11.3 Å². The molecule has 0 aliphatic rings. The zero-order valence-electron chi connectivity index (χ0n) is 7.36. The molecule has 1 atom stereocenters. The van der Waals surface area contributed by atoms with Crippen molar-refractivity contribution in [1.82, 2.24) is 0 Å². The molecule has 0 aromatic rings. The van der Waals surface area contributed by atoms with Gasteiger partial charge in [-0.3, -0.25) is 4.79 Å². The lowest BCUT2D eigenvalue weighted by Crippen LogP contribution is -2.31. The van der Waals surface area contributed by atoms with Gasteiger partial charge >= 0.3 is 5.97 Å². The highest BCUT2D eigenvalue weighted by atomic mass is 28.3. The summed E-state index contributed by atoms with van der Waals surface area (Å²) in [6.07, 6.45) is 0. The molecular formula is C6H14O2Si. The second kappa shape index (κ2) is 2.52.